The van der Waals surface area contributed by atoms with E-state index >= 15 is 0 Å². The van der Waals surface area contributed by atoms with E-state index in [2.05, 4.69) is 32.2 Å². The first-order chi connectivity index (χ1) is 10.2. The maximum absolute atomic E-state index is 5.48. The van der Waals surface area contributed by atoms with Crippen LogP contribution >= 0.6 is 15.9 Å². The number of halogens is 1. The predicted octanol–water partition coefficient (Wildman–Crippen LogP) is 2.66. The second-order valence-corrected chi connectivity index (χ2v) is 6.39. The summed E-state index contributed by atoms with van der Waals surface area (Å²) in [6.45, 7) is 4.76. The van der Waals surface area contributed by atoms with Crippen molar-refractivity contribution in [2.75, 3.05) is 40.5 Å². The molecule has 1 aromatic rings. The Kier molecular flexibility index (Phi) is 6.96. The fourth-order valence-electron chi connectivity index (χ4n) is 2.79. The van der Waals surface area contributed by atoms with Crippen molar-refractivity contribution in [2.45, 2.75) is 25.4 Å². The monoisotopic (exact) mass is 356 g/mol. The van der Waals surface area contributed by atoms with Crippen LogP contribution in [0.2, 0.25) is 0 Å². The lowest BCUT2D eigenvalue weighted by atomic mass is 10.1. The molecule has 5 heteroatoms. The summed E-state index contributed by atoms with van der Waals surface area (Å²) >= 11 is 3.55. The van der Waals surface area contributed by atoms with E-state index in [1.54, 1.807) is 14.2 Å². The third kappa shape index (κ3) is 5.25. The minimum absolute atomic E-state index is 0.597. The number of rotatable bonds is 8. The zero-order chi connectivity index (χ0) is 15.1. The summed E-state index contributed by atoms with van der Waals surface area (Å²) in [5.74, 6) is 0.944. The van der Waals surface area contributed by atoms with Gasteiger partial charge in [-0.15, -0.1) is 0 Å². The number of nitrogens with one attached hydrogen (secondary N) is 1. The van der Waals surface area contributed by atoms with Crippen LogP contribution in [0.1, 0.15) is 18.4 Å². The second-order valence-electron chi connectivity index (χ2n) is 5.48. The van der Waals surface area contributed by atoms with Crippen LogP contribution in [0.25, 0.3) is 0 Å². The molecule has 2 rings (SSSR count). The molecule has 0 spiro atoms. The quantitative estimate of drug-likeness (QED) is 0.776. The van der Waals surface area contributed by atoms with Crippen molar-refractivity contribution in [3.63, 3.8) is 0 Å². The predicted molar refractivity (Wildman–Crippen MR) is 88.9 cm³/mol. The van der Waals surface area contributed by atoms with Crippen molar-refractivity contribution in [3.8, 4) is 5.75 Å². The van der Waals surface area contributed by atoms with E-state index in [9.17, 15) is 0 Å². The average Bonchev–Trinajstić information content (AvgIpc) is 2.98. The van der Waals surface area contributed by atoms with Crippen molar-refractivity contribution in [1.29, 1.82) is 0 Å². The van der Waals surface area contributed by atoms with Gasteiger partial charge >= 0.3 is 0 Å². The van der Waals surface area contributed by atoms with E-state index < -0.39 is 0 Å². The fourth-order valence-corrected chi connectivity index (χ4v) is 3.20. The molecule has 0 saturated carbocycles. The molecular weight excluding hydrogens is 332 g/mol. The van der Waals surface area contributed by atoms with Crippen molar-refractivity contribution in [2.24, 2.45) is 0 Å². The van der Waals surface area contributed by atoms with Crippen LogP contribution in [0, 0.1) is 0 Å². The van der Waals surface area contributed by atoms with Gasteiger partial charge < -0.3 is 14.8 Å². The molecule has 1 aliphatic rings. The third-order valence-corrected chi connectivity index (χ3v) is 4.38. The Bertz CT molecular complexity index is 436. The Morgan fingerprint density at radius 3 is 2.90 bits per heavy atom. The van der Waals surface area contributed by atoms with E-state index in [1.807, 2.05) is 12.1 Å². The lowest BCUT2D eigenvalue weighted by Crippen LogP contribution is -2.38. The Morgan fingerprint density at radius 1 is 1.38 bits per heavy atom. The molecule has 0 radical (unpaired) electrons. The molecule has 1 aliphatic heterocycles. The van der Waals surface area contributed by atoms with Crippen molar-refractivity contribution < 1.29 is 9.47 Å². The van der Waals surface area contributed by atoms with Crippen LogP contribution in [0.4, 0.5) is 0 Å². The molecule has 0 aliphatic carbocycles. The molecule has 1 saturated heterocycles. The number of hydrogen-bond donors (Lipinski definition) is 1. The standard InChI is InChI=1S/C16H25BrN2O2/c1-20-9-8-19(12-15-4-3-7-18-15)11-13-10-14(17)5-6-16(13)21-2/h5-6,10,15,18H,3-4,7-9,11-12H2,1-2H3. The molecular formula is C16H25BrN2O2. The normalized spacial score (nSPS) is 18.4. The zero-order valence-corrected chi connectivity index (χ0v) is 14.5. The maximum atomic E-state index is 5.48. The van der Waals surface area contributed by atoms with Gasteiger partial charge in [0.05, 0.1) is 13.7 Å². The summed E-state index contributed by atoms with van der Waals surface area (Å²) in [6, 6.07) is 6.77. The first-order valence-corrected chi connectivity index (χ1v) is 8.29. The molecule has 1 atom stereocenters. The minimum atomic E-state index is 0.597. The van der Waals surface area contributed by atoms with Gasteiger partial charge in [-0.3, -0.25) is 4.90 Å². The van der Waals surface area contributed by atoms with Crippen LogP contribution in [-0.4, -0.2) is 51.4 Å². The van der Waals surface area contributed by atoms with Gasteiger partial charge in [-0.1, -0.05) is 15.9 Å². The van der Waals surface area contributed by atoms with Crippen LogP contribution in [0.15, 0.2) is 22.7 Å². The van der Waals surface area contributed by atoms with E-state index in [0.717, 1.165) is 43.0 Å². The highest BCUT2D eigenvalue weighted by Gasteiger charge is 2.19. The molecule has 0 aromatic heterocycles. The van der Waals surface area contributed by atoms with Gasteiger partial charge in [0.2, 0.25) is 0 Å². The summed E-state index contributed by atoms with van der Waals surface area (Å²) in [7, 11) is 3.48. The SMILES string of the molecule is COCCN(Cc1cc(Br)ccc1OC)CC1CCCN1. The van der Waals surface area contributed by atoms with Gasteiger partial charge in [0.1, 0.15) is 5.75 Å². The van der Waals surface area contributed by atoms with Crippen LogP contribution < -0.4 is 10.1 Å². The van der Waals surface area contributed by atoms with Gasteiger partial charge in [0.15, 0.2) is 0 Å². The highest BCUT2D eigenvalue weighted by Crippen LogP contribution is 2.24. The first kappa shape index (κ1) is 16.7. The second kappa shape index (κ2) is 8.73. The van der Waals surface area contributed by atoms with E-state index in [4.69, 9.17) is 9.47 Å². The molecule has 0 amide bonds. The molecule has 0 bridgehead atoms. The fraction of sp³-hybridized carbons (Fsp3) is 0.625. The summed E-state index contributed by atoms with van der Waals surface area (Å²) in [5.41, 5.74) is 1.21. The van der Waals surface area contributed by atoms with Gasteiger partial charge in [-0.05, 0) is 37.6 Å². The van der Waals surface area contributed by atoms with Crippen molar-refractivity contribution >= 4 is 15.9 Å². The topological polar surface area (TPSA) is 33.7 Å². The Labute approximate surface area is 135 Å². The number of hydrogen-bond acceptors (Lipinski definition) is 4. The highest BCUT2D eigenvalue weighted by atomic mass is 79.9. The summed E-state index contributed by atoms with van der Waals surface area (Å²) in [6.07, 6.45) is 2.54. The number of ether oxygens (including phenoxy) is 2. The summed E-state index contributed by atoms with van der Waals surface area (Å²) in [4.78, 5) is 2.44. The van der Waals surface area contributed by atoms with Crippen LogP contribution in [-0.2, 0) is 11.3 Å². The highest BCUT2D eigenvalue weighted by molar-refractivity contribution is 9.10. The molecule has 1 N–H and O–H groups in total. The molecule has 21 heavy (non-hydrogen) atoms. The van der Waals surface area contributed by atoms with Crippen LogP contribution in [0.5, 0.6) is 5.75 Å². The zero-order valence-electron chi connectivity index (χ0n) is 12.9. The summed E-state index contributed by atoms with van der Waals surface area (Å²) in [5, 5.41) is 3.57. The number of nitrogens with zero attached hydrogens (tertiary/aromatic N) is 1. The van der Waals surface area contributed by atoms with Crippen molar-refractivity contribution in [3.05, 3.63) is 28.2 Å². The molecule has 118 valence electrons. The Morgan fingerprint density at radius 2 is 2.24 bits per heavy atom. The smallest absolute Gasteiger partial charge is 0.123 e. The molecule has 1 fully saturated rings. The minimum Gasteiger partial charge on any atom is -0.496 e. The van der Waals surface area contributed by atoms with Gasteiger partial charge in [0.25, 0.3) is 0 Å². The first-order valence-electron chi connectivity index (χ1n) is 7.50. The molecule has 1 aromatic carbocycles. The lowest BCUT2D eigenvalue weighted by molar-refractivity contribution is 0.137. The van der Waals surface area contributed by atoms with E-state index in [-0.39, 0.29) is 0 Å². The molecule has 1 heterocycles. The van der Waals surface area contributed by atoms with Crippen LogP contribution in [0.3, 0.4) is 0 Å². The summed E-state index contributed by atoms with van der Waals surface area (Å²) < 4.78 is 11.8. The average molecular weight is 357 g/mol. The van der Waals surface area contributed by atoms with E-state index in [1.165, 1.54) is 18.4 Å². The van der Waals surface area contributed by atoms with Gasteiger partial charge in [0, 0.05) is 42.8 Å². The van der Waals surface area contributed by atoms with E-state index in [0.29, 0.717) is 6.04 Å². The molecule has 1 unspecified atom stereocenters. The van der Waals surface area contributed by atoms with Crippen molar-refractivity contribution in [1.82, 2.24) is 10.2 Å². The molecule has 4 nitrogen and oxygen atoms in total. The maximum Gasteiger partial charge on any atom is 0.123 e. The van der Waals surface area contributed by atoms with Gasteiger partial charge in [-0.2, -0.15) is 0 Å². The Hall–Kier alpha value is -0.620. The number of methoxy groups -OCH3 is 2. The lowest BCUT2D eigenvalue weighted by Gasteiger charge is -2.26. The Balaban J connectivity index is 2.03. The van der Waals surface area contributed by atoms with Gasteiger partial charge in [-0.25, -0.2) is 0 Å². The number of benzene rings is 1. The largest absolute Gasteiger partial charge is 0.496 e. The third-order valence-electron chi connectivity index (χ3n) is 3.89.